The minimum atomic E-state index is 0.953. The molecular formula is C11H14N2S2. The molecule has 4 heteroatoms. The van der Waals surface area contributed by atoms with Crippen molar-refractivity contribution in [1.29, 1.82) is 0 Å². The largest absolute Gasteiger partial charge is 0.312 e. The molecule has 2 aromatic rings. The Morgan fingerprint density at radius 1 is 1.27 bits per heavy atom. The van der Waals surface area contributed by atoms with Crippen molar-refractivity contribution in [3.05, 3.63) is 39.0 Å². The molecule has 2 heterocycles. The molecule has 0 saturated carbocycles. The third kappa shape index (κ3) is 3.74. The summed E-state index contributed by atoms with van der Waals surface area (Å²) >= 11 is 3.55. The van der Waals surface area contributed by atoms with Gasteiger partial charge in [-0.3, -0.25) is 4.98 Å². The van der Waals surface area contributed by atoms with E-state index in [0.29, 0.717) is 0 Å². The fourth-order valence-corrected chi connectivity index (χ4v) is 2.70. The van der Waals surface area contributed by atoms with E-state index in [1.54, 1.807) is 11.3 Å². The molecular weight excluding hydrogens is 224 g/mol. The summed E-state index contributed by atoms with van der Waals surface area (Å²) in [5.74, 6) is 0. The molecule has 0 radical (unpaired) electrons. The third-order valence-electron chi connectivity index (χ3n) is 2.14. The van der Waals surface area contributed by atoms with Gasteiger partial charge in [0, 0.05) is 22.5 Å². The van der Waals surface area contributed by atoms with Gasteiger partial charge in [-0.2, -0.15) is 0 Å². The summed E-state index contributed by atoms with van der Waals surface area (Å²) in [6.45, 7) is 2.03. The van der Waals surface area contributed by atoms with Crippen molar-refractivity contribution in [2.45, 2.75) is 19.4 Å². The summed E-state index contributed by atoms with van der Waals surface area (Å²) in [7, 11) is 0. The molecule has 2 rings (SSSR count). The van der Waals surface area contributed by atoms with Crippen LogP contribution in [0.15, 0.2) is 29.2 Å². The van der Waals surface area contributed by atoms with E-state index in [9.17, 15) is 0 Å². The Balaban J connectivity index is 1.56. The number of thiophene rings is 1. The Hall–Kier alpha value is -0.710. The summed E-state index contributed by atoms with van der Waals surface area (Å²) in [6, 6.07) is 4.32. The SMILES string of the molecule is c1csc(CCCNCc2cncs2)c1. The molecule has 0 bridgehead atoms. The molecule has 0 atom stereocenters. The first-order valence-corrected chi connectivity index (χ1v) is 6.81. The van der Waals surface area contributed by atoms with Gasteiger partial charge in [-0.05, 0) is 30.8 Å². The van der Waals surface area contributed by atoms with Crippen molar-refractivity contribution >= 4 is 22.7 Å². The monoisotopic (exact) mass is 238 g/mol. The molecule has 0 fully saturated rings. The van der Waals surface area contributed by atoms with E-state index in [0.717, 1.165) is 13.1 Å². The lowest BCUT2D eigenvalue weighted by molar-refractivity contribution is 0.656. The van der Waals surface area contributed by atoms with Crippen LogP contribution in [0.1, 0.15) is 16.2 Å². The van der Waals surface area contributed by atoms with Gasteiger partial charge >= 0.3 is 0 Å². The minimum Gasteiger partial charge on any atom is -0.312 e. The van der Waals surface area contributed by atoms with Crippen molar-refractivity contribution in [1.82, 2.24) is 10.3 Å². The van der Waals surface area contributed by atoms with E-state index in [2.05, 4.69) is 27.8 Å². The highest BCUT2D eigenvalue weighted by atomic mass is 32.1. The Morgan fingerprint density at radius 3 is 3.00 bits per heavy atom. The van der Waals surface area contributed by atoms with Crippen LogP contribution in [0.4, 0.5) is 0 Å². The maximum atomic E-state index is 4.04. The highest BCUT2D eigenvalue weighted by Crippen LogP contribution is 2.10. The number of hydrogen-bond acceptors (Lipinski definition) is 4. The van der Waals surface area contributed by atoms with Crippen molar-refractivity contribution in [3.63, 3.8) is 0 Å². The zero-order valence-electron chi connectivity index (χ0n) is 8.48. The van der Waals surface area contributed by atoms with Gasteiger partial charge in [-0.1, -0.05) is 6.07 Å². The smallest absolute Gasteiger partial charge is 0.0794 e. The molecule has 15 heavy (non-hydrogen) atoms. The average Bonchev–Trinajstić information content (AvgIpc) is 2.88. The highest BCUT2D eigenvalue weighted by molar-refractivity contribution is 7.10. The Kier molecular flexibility index (Phi) is 4.32. The van der Waals surface area contributed by atoms with Gasteiger partial charge in [0.15, 0.2) is 0 Å². The van der Waals surface area contributed by atoms with E-state index >= 15 is 0 Å². The summed E-state index contributed by atoms with van der Waals surface area (Å²) in [4.78, 5) is 6.83. The van der Waals surface area contributed by atoms with E-state index < -0.39 is 0 Å². The molecule has 2 aromatic heterocycles. The van der Waals surface area contributed by atoms with Crippen LogP contribution in [0.3, 0.4) is 0 Å². The Labute approximate surface area is 98.0 Å². The molecule has 0 aliphatic heterocycles. The first kappa shape index (κ1) is 10.8. The van der Waals surface area contributed by atoms with Crippen LogP contribution in [-0.2, 0) is 13.0 Å². The number of aromatic nitrogens is 1. The van der Waals surface area contributed by atoms with Gasteiger partial charge in [-0.25, -0.2) is 0 Å². The number of hydrogen-bond donors (Lipinski definition) is 1. The van der Waals surface area contributed by atoms with Crippen LogP contribution in [0.25, 0.3) is 0 Å². The van der Waals surface area contributed by atoms with Gasteiger partial charge in [0.05, 0.1) is 5.51 Å². The normalized spacial score (nSPS) is 10.7. The predicted molar refractivity (Wildman–Crippen MR) is 66.5 cm³/mol. The average molecular weight is 238 g/mol. The van der Waals surface area contributed by atoms with E-state index in [1.807, 2.05) is 23.0 Å². The summed E-state index contributed by atoms with van der Waals surface area (Å²) in [5.41, 5.74) is 1.88. The van der Waals surface area contributed by atoms with E-state index in [4.69, 9.17) is 0 Å². The molecule has 80 valence electrons. The van der Waals surface area contributed by atoms with Gasteiger partial charge in [0.1, 0.15) is 0 Å². The minimum absolute atomic E-state index is 0.953. The van der Waals surface area contributed by atoms with Crippen LogP contribution >= 0.6 is 22.7 Å². The third-order valence-corrected chi connectivity index (χ3v) is 3.86. The quantitative estimate of drug-likeness (QED) is 0.783. The van der Waals surface area contributed by atoms with Gasteiger partial charge in [-0.15, -0.1) is 22.7 Å². The van der Waals surface area contributed by atoms with E-state index in [-0.39, 0.29) is 0 Å². The van der Waals surface area contributed by atoms with Crippen LogP contribution in [0, 0.1) is 0 Å². The molecule has 0 saturated heterocycles. The van der Waals surface area contributed by atoms with Crippen LogP contribution in [0.2, 0.25) is 0 Å². The summed E-state index contributed by atoms with van der Waals surface area (Å²) in [5, 5.41) is 5.56. The zero-order valence-corrected chi connectivity index (χ0v) is 10.1. The van der Waals surface area contributed by atoms with Crippen LogP contribution in [-0.4, -0.2) is 11.5 Å². The number of thiazole rings is 1. The number of rotatable bonds is 6. The fourth-order valence-electron chi connectivity index (χ4n) is 1.38. The maximum absolute atomic E-state index is 4.04. The van der Waals surface area contributed by atoms with Gasteiger partial charge < -0.3 is 5.32 Å². The van der Waals surface area contributed by atoms with Gasteiger partial charge in [0.2, 0.25) is 0 Å². The summed E-state index contributed by atoms with van der Waals surface area (Å²) in [6.07, 6.45) is 4.32. The summed E-state index contributed by atoms with van der Waals surface area (Å²) < 4.78 is 0. The van der Waals surface area contributed by atoms with Crippen LogP contribution < -0.4 is 5.32 Å². The van der Waals surface area contributed by atoms with Crippen molar-refractivity contribution in [2.24, 2.45) is 0 Å². The van der Waals surface area contributed by atoms with Crippen molar-refractivity contribution < 1.29 is 0 Å². The molecule has 0 aromatic carbocycles. The second kappa shape index (κ2) is 6.00. The zero-order chi connectivity index (χ0) is 10.3. The molecule has 0 spiro atoms. The lowest BCUT2D eigenvalue weighted by Gasteiger charge is -2.01. The maximum Gasteiger partial charge on any atom is 0.0794 e. The number of nitrogens with zero attached hydrogens (tertiary/aromatic N) is 1. The molecule has 2 nitrogen and oxygen atoms in total. The second-order valence-electron chi connectivity index (χ2n) is 3.33. The highest BCUT2D eigenvalue weighted by Gasteiger charge is 1.95. The van der Waals surface area contributed by atoms with Crippen LogP contribution in [0.5, 0.6) is 0 Å². The molecule has 0 unspecified atom stereocenters. The molecule has 0 aliphatic carbocycles. The number of aryl methyl sites for hydroxylation is 1. The molecule has 0 amide bonds. The molecule has 0 aliphatic rings. The standard InChI is InChI=1S/C11H14N2S2/c1(3-10-4-2-6-14-10)5-12-7-11-8-13-9-15-11/h2,4,6,8-9,12H,1,3,5,7H2. The lowest BCUT2D eigenvalue weighted by Crippen LogP contribution is -2.14. The first-order chi connectivity index (χ1) is 7.45. The second-order valence-corrected chi connectivity index (χ2v) is 5.33. The van der Waals surface area contributed by atoms with Crippen molar-refractivity contribution in [3.8, 4) is 0 Å². The van der Waals surface area contributed by atoms with Crippen molar-refractivity contribution in [2.75, 3.05) is 6.54 Å². The van der Waals surface area contributed by atoms with E-state index in [1.165, 1.54) is 22.6 Å². The lowest BCUT2D eigenvalue weighted by atomic mass is 10.2. The Morgan fingerprint density at radius 2 is 2.27 bits per heavy atom. The van der Waals surface area contributed by atoms with Gasteiger partial charge in [0.25, 0.3) is 0 Å². The predicted octanol–water partition coefficient (Wildman–Crippen LogP) is 2.93. The topological polar surface area (TPSA) is 24.9 Å². The number of nitrogens with one attached hydrogen (secondary N) is 1. The first-order valence-electron chi connectivity index (χ1n) is 5.05. The molecule has 1 N–H and O–H groups in total. The Bertz CT molecular complexity index is 318. The fraction of sp³-hybridized carbons (Fsp3) is 0.364.